The summed E-state index contributed by atoms with van der Waals surface area (Å²) in [5.41, 5.74) is 0. The van der Waals surface area contributed by atoms with Crippen molar-refractivity contribution < 1.29 is 78.6 Å². The number of amides is 5. The summed E-state index contributed by atoms with van der Waals surface area (Å²) in [5.74, 6) is -8.22. The third-order valence-corrected chi connectivity index (χ3v) is 10.5. The van der Waals surface area contributed by atoms with Crippen molar-refractivity contribution in [2.45, 2.75) is 108 Å². The van der Waals surface area contributed by atoms with Crippen LogP contribution in [0.5, 0.6) is 0 Å². The summed E-state index contributed by atoms with van der Waals surface area (Å²) >= 11 is 0. The lowest BCUT2D eigenvalue weighted by Crippen LogP contribution is -2.51. The highest BCUT2D eigenvalue weighted by molar-refractivity contribution is 5.86. The molecular weight excluding hydrogens is 874 g/mol. The number of nitrogens with one attached hydrogen (secondary N) is 5. The first-order chi connectivity index (χ1) is 31.2. The normalized spacial score (nSPS) is 16.0. The molecule has 0 spiro atoms. The SMILES string of the molecule is [CH]N1CCN(CC(=O)O)CCN(CC(=O)O)CCN(CC(=O)NC(CCCCNC(=O)CCCCCCC(=O)NCCCC[C@H](NC(=O)N[C@@H](CCC(=O)O)C(=O)O)C(=O)O)C(=O)O)CC1. The Kier molecular flexibility index (Phi) is 29.9. The van der Waals surface area contributed by atoms with Crippen molar-refractivity contribution in [3.63, 3.8) is 0 Å². The average molecular weight is 944 g/mol. The fraction of sp³-hybridized carbons (Fsp3) is 0.732. The summed E-state index contributed by atoms with van der Waals surface area (Å²) in [4.78, 5) is 124. The Labute approximate surface area is 384 Å². The second kappa shape index (κ2) is 33.8. The van der Waals surface area contributed by atoms with Gasteiger partial charge in [0.2, 0.25) is 17.7 Å². The summed E-state index contributed by atoms with van der Waals surface area (Å²) in [6.07, 6.45) is 3.98. The molecule has 0 aromatic heterocycles. The molecule has 5 amide bonds. The van der Waals surface area contributed by atoms with Crippen LogP contribution >= 0.6 is 0 Å². The number of unbranched alkanes of at least 4 members (excludes halogenated alkanes) is 5. The van der Waals surface area contributed by atoms with Crippen molar-refractivity contribution >= 4 is 59.6 Å². The van der Waals surface area contributed by atoms with Crippen molar-refractivity contribution in [1.29, 1.82) is 0 Å². The maximum atomic E-state index is 13.0. The number of rotatable bonds is 32. The third kappa shape index (κ3) is 29.7. The Bertz CT molecular complexity index is 1590. The van der Waals surface area contributed by atoms with Gasteiger partial charge in [-0.1, -0.05) is 12.8 Å². The largest absolute Gasteiger partial charge is 0.481 e. The Balaban J connectivity index is 2.30. The number of carboxylic acid groups (broad SMARTS) is 6. The molecule has 2 radical (unpaired) electrons. The van der Waals surface area contributed by atoms with Gasteiger partial charge in [0.05, 0.1) is 19.6 Å². The molecule has 0 aliphatic carbocycles. The van der Waals surface area contributed by atoms with E-state index in [4.69, 9.17) is 17.3 Å². The van der Waals surface area contributed by atoms with Gasteiger partial charge in [-0.25, -0.2) is 19.2 Å². The molecule has 11 N–H and O–H groups in total. The van der Waals surface area contributed by atoms with Crippen LogP contribution in [0, 0.1) is 7.05 Å². The van der Waals surface area contributed by atoms with E-state index in [0.29, 0.717) is 90.6 Å². The van der Waals surface area contributed by atoms with Gasteiger partial charge >= 0.3 is 41.8 Å². The minimum atomic E-state index is -1.51. The Morgan fingerprint density at radius 2 is 0.788 bits per heavy atom. The predicted octanol–water partition coefficient (Wildman–Crippen LogP) is -1.40. The van der Waals surface area contributed by atoms with Gasteiger partial charge in [0, 0.05) is 91.8 Å². The molecule has 3 atom stereocenters. The molecule has 0 saturated carbocycles. The van der Waals surface area contributed by atoms with Crippen LogP contribution in [-0.4, -0.2) is 213 Å². The van der Waals surface area contributed by atoms with Gasteiger partial charge in [-0.3, -0.25) is 48.4 Å². The van der Waals surface area contributed by atoms with E-state index in [-0.39, 0.29) is 89.7 Å². The molecule has 25 nitrogen and oxygen atoms in total. The second-order valence-corrected chi connectivity index (χ2v) is 16.0. The lowest BCUT2D eigenvalue weighted by Gasteiger charge is -2.32. The number of carbonyl (C=O) groups excluding carboxylic acids is 4. The van der Waals surface area contributed by atoms with E-state index in [9.17, 15) is 68.4 Å². The lowest BCUT2D eigenvalue weighted by molar-refractivity contribution is -0.142. The van der Waals surface area contributed by atoms with Crippen LogP contribution in [0.2, 0.25) is 0 Å². The number of carbonyl (C=O) groups is 10. The highest BCUT2D eigenvalue weighted by Gasteiger charge is 2.26. The van der Waals surface area contributed by atoms with Gasteiger partial charge in [-0.05, 0) is 57.8 Å². The minimum Gasteiger partial charge on any atom is -0.481 e. The number of carboxylic acids is 6. The average Bonchev–Trinajstić information content (AvgIpc) is 3.22. The molecule has 0 bridgehead atoms. The van der Waals surface area contributed by atoms with Crippen LogP contribution in [0.25, 0.3) is 0 Å². The van der Waals surface area contributed by atoms with Gasteiger partial charge in [0.15, 0.2) is 0 Å². The van der Waals surface area contributed by atoms with Crippen molar-refractivity contribution in [1.82, 2.24) is 46.2 Å². The van der Waals surface area contributed by atoms with Gasteiger partial charge < -0.3 is 57.2 Å². The van der Waals surface area contributed by atoms with Crippen molar-refractivity contribution in [2.24, 2.45) is 0 Å². The first-order valence-electron chi connectivity index (χ1n) is 22.2. The fourth-order valence-electron chi connectivity index (χ4n) is 6.75. The number of hydrogen-bond acceptors (Lipinski definition) is 14. The monoisotopic (exact) mass is 943 g/mol. The molecule has 374 valence electrons. The van der Waals surface area contributed by atoms with Gasteiger partial charge in [0.25, 0.3) is 0 Å². The summed E-state index contributed by atoms with van der Waals surface area (Å²) < 4.78 is 0. The maximum Gasteiger partial charge on any atom is 0.326 e. The standard InChI is InChI=1S/C41H69N9O16/c1-47-18-20-48(22-23-50(28-37(58)59)25-24-49(21-19-47)27-36(56)57)26-34(53)44-29(38(60)61)10-6-8-16-42-32(51)12-4-2-3-5-13-33(52)43-17-9-7-11-30(39(62)63)45-41(66)46-31(40(64)65)14-15-35(54)55/h1,29-31H,2-28H2,(H,42,51)(H,43,52)(H,44,53)(H,54,55)(H,56,57)(H,58,59)(H,60,61)(H,62,63)(H,64,65)(H2,45,46,66)/t29?,30-,31-/m0/s1. The molecule has 1 aliphatic heterocycles. The smallest absolute Gasteiger partial charge is 0.326 e. The van der Waals surface area contributed by atoms with E-state index in [1.807, 2.05) is 0 Å². The van der Waals surface area contributed by atoms with Crippen molar-refractivity contribution in [2.75, 3.05) is 85.1 Å². The zero-order valence-corrected chi connectivity index (χ0v) is 37.5. The molecule has 0 aromatic carbocycles. The van der Waals surface area contributed by atoms with Crippen LogP contribution < -0.4 is 26.6 Å². The molecule has 1 unspecified atom stereocenters. The van der Waals surface area contributed by atoms with E-state index in [1.165, 1.54) is 4.90 Å². The van der Waals surface area contributed by atoms with Crippen molar-refractivity contribution in [3.05, 3.63) is 7.05 Å². The zero-order chi connectivity index (χ0) is 49.4. The second-order valence-electron chi connectivity index (χ2n) is 16.0. The summed E-state index contributed by atoms with van der Waals surface area (Å²) in [6, 6.07) is -5.07. The molecular formula is C41H69N9O16. The summed E-state index contributed by atoms with van der Waals surface area (Å²) in [7, 11) is 6.11. The molecule has 1 saturated heterocycles. The molecule has 0 aromatic rings. The third-order valence-electron chi connectivity index (χ3n) is 10.5. The van der Waals surface area contributed by atoms with Gasteiger partial charge in [-0.2, -0.15) is 0 Å². The van der Waals surface area contributed by atoms with Crippen LogP contribution in [-0.2, 0) is 43.2 Å². The highest BCUT2D eigenvalue weighted by Crippen LogP contribution is 2.08. The Morgan fingerprint density at radius 3 is 1.18 bits per heavy atom. The number of urea groups is 1. The van der Waals surface area contributed by atoms with E-state index < -0.39 is 72.3 Å². The molecule has 1 aliphatic rings. The fourth-order valence-corrected chi connectivity index (χ4v) is 6.75. The molecule has 66 heavy (non-hydrogen) atoms. The first kappa shape index (κ1) is 58.4. The Morgan fingerprint density at radius 1 is 0.409 bits per heavy atom. The van der Waals surface area contributed by atoms with E-state index in [0.717, 1.165) is 0 Å². The van der Waals surface area contributed by atoms with E-state index >= 15 is 0 Å². The topological polar surface area (TPSA) is 365 Å². The highest BCUT2D eigenvalue weighted by atomic mass is 16.4. The summed E-state index contributed by atoms with van der Waals surface area (Å²) in [5, 5.41) is 68.0. The zero-order valence-electron chi connectivity index (χ0n) is 37.5. The summed E-state index contributed by atoms with van der Waals surface area (Å²) in [6.45, 7) is 2.36. The van der Waals surface area contributed by atoms with Gasteiger partial charge in [0.1, 0.15) is 18.1 Å². The Hall–Kier alpha value is -5.66. The number of aliphatic carboxylic acids is 6. The van der Waals surface area contributed by atoms with E-state index in [1.54, 1.807) is 14.7 Å². The van der Waals surface area contributed by atoms with E-state index in [2.05, 4.69) is 26.6 Å². The van der Waals surface area contributed by atoms with Crippen molar-refractivity contribution in [3.8, 4) is 0 Å². The van der Waals surface area contributed by atoms with Gasteiger partial charge in [-0.15, -0.1) is 0 Å². The van der Waals surface area contributed by atoms with Crippen LogP contribution in [0.3, 0.4) is 0 Å². The maximum absolute atomic E-state index is 13.0. The quantitative estimate of drug-likeness (QED) is 0.0346. The number of nitrogens with zero attached hydrogens (tertiary/aromatic N) is 4. The molecule has 25 heteroatoms. The molecule has 1 heterocycles. The number of hydrogen-bond donors (Lipinski definition) is 11. The molecule has 1 rings (SSSR count). The molecule has 1 fully saturated rings. The predicted molar refractivity (Wildman–Crippen MR) is 233 cm³/mol. The van der Waals surface area contributed by atoms with Crippen LogP contribution in [0.4, 0.5) is 4.79 Å². The van der Waals surface area contributed by atoms with Crippen LogP contribution in [0.1, 0.15) is 89.9 Å². The lowest BCUT2D eigenvalue weighted by atomic mass is 10.1. The van der Waals surface area contributed by atoms with Crippen LogP contribution in [0.15, 0.2) is 0 Å². The first-order valence-corrected chi connectivity index (χ1v) is 22.2. The minimum absolute atomic E-state index is 0.00315.